The number of carbonyl (C=O) groups is 1. The Morgan fingerprint density at radius 3 is 2.72 bits per heavy atom. The maximum atomic E-state index is 13.1. The van der Waals surface area contributed by atoms with E-state index in [9.17, 15) is 4.79 Å². The van der Waals surface area contributed by atoms with Crippen LogP contribution in [0.1, 0.15) is 29.1 Å². The number of nitrogens with zero attached hydrogens (tertiary/aromatic N) is 3. The van der Waals surface area contributed by atoms with Gasteiger partial charge in [0, 0.05) is 12.7 Å². The van der Waals surface area contributed by atoms with Crippen LogP contribution in [0.2, 0.25) is 5.15 Å². The summed E-state index contributed by atoms with van der Waals surface area (Å²) in [6.45, 7) is 2.99. The van der Waals surface area contributed by atoms with E-state index in [0.29, 0.717) is 24.4 Å². The molecule has 3 aromatic rings. The first-order valence-corrected chi connectivity index (χ1v) is 8.63. The fourth-order valence-electron chi connectivity index (χ4n) is 3.28. The summed E-state index contributed by atoms with van der Waals surface area (Å²) in [4.78, 5) is 19.2. The topological polar surface area (TPSA) is 46.8 Å². The van der Waals surface area contributed by atoms with Gasteiger partial charge in [0.25, 0.3) is 5.91 Å². The molecular weight excluding hydrogens is 338 g/mol. The van der Waals surface area contributed by atoms with Gasteiger partial charge in [0.1, 0.15) is 11.8 Å². The summed E-state index contributed by atoms with van der Waals surface area (Å²) in [6.07, 6.45) is 1.60. The summed E-state index contributed by atoms with van der Waals surface area (Å²) in [5, 5.41) is 0.228. The Morgan fingerprint density at radius 2 is 1.92 bits per heavy atom. The van der Waals surface area contributed by atoms with Gasteiger partial charge in [0.15, 0.2) is 10.8 Å². The van der Waals surface area contributed by atoms with Crippen molar-refractivity contribution in [2.75, 3.05) is 13.1 Å². The van der Waals surface area contributed by atoms with Gasteiger partial charge < -0.3 is 9.64 Å². The molecule has 1 saturated heterocycles. The molecule has 0 N–H and O–H groups in total. The number of morpholine rings is 1. The summed E-state index contributed by atoms with van der Waals surface area (Å²) in [5.41, 5.74) is 2.13. The van der Waals surface area contributed by atoms with Gasteiger partial charge in [0.2, 0.25) is 0 Å². The zero-order valence-electron chi connectivity index (χ0n) is 13.8. The highest BCUT2D eigenvalue weighted by Gasteiger charge is 2.32. The van der Waals surface area contributed by atoms with E-state index in [-0.39, 0.29) is 23.3 Å². The van der Waals surface area contributed by atoms with Crippen LogP contribution >= 0.6 is 11.6 Å². The minimum atomic E-state index is -0.146. The van der Waals surface area contributed by atoms with E-state index in [1.54, 1.807) is 15.5 Å². The van der Waals surface area contributed by atoms with Crippen LogP contribution in [0.3, 0.4) is 0 Å². The Kier molecular flexibility index (Phi) is 4.19. The second-order valence-corrected chi connectivity index (χ2v) is 6.59. The third-order valence-corrected chi connectivity index (χ3v) is 4.67. The van der Waals surface area contributed by atoms with E-state index < -0.39 is 0 Å². The summed E-state index contributed by atoms with van der Waals surface area (Å²) in [7, 11) is 0. The quantitative estimate of drug-likeness (QED) is 0.705. The van der Waals surface area contributed by atoms with Crippen molar-refractivity contribution in [1.29, 1.82) is 0 Å². The van der Waals surface area contributed by atoms with E-state index in [4.69, 9.17) is 16.3 Å². The van der Waals surface area contributed by atoms with E-state index in [2.05, 4.69) is 4.98 Å². The largest absolute Gasteiger partial charge is 0.367 e. The zero-order chi connectivity index (χ0) is 17.4. The predicted octanol–water partition coefficient (Wildman–Crippen LogP) is 3.59. The summed E-state index contributed by atoms with van der Waals surface area (Å²) in [6, 6.07) is 15.5. The molecule has 2 atom stereocenters. The highest BCUT2D eigenvalue weighted by Crippen LogP contribution is 2.27. The highest BCUT2D eigenvalue weighted by atomic mass is 35.5. The molecule has 5 nitrogen and oxygen atoms in total. The zero-order valence-corrected chi connectivity index (χ0v) is 14.6. The number of pyridine rings is 1. The van der Waals surface area contributed by atoms with Crippen LogP contribution in [-0.2, 0) is 4.74 Å². The van der Waals surface area contributed by atoms with Crippen molar-refractivity contribution in [1.82, 2.24) is 14.3 Å². The van der Waals surface area contributed by atoms with E-state index in [1.807, 2.05) is 55.5 Å². The summed E-state index contributed by atoms with van der Waals surface area (Å²) >= 11 is 6.26. The first kappa shape index (κ1) is 16.1. The summed E-state index contributed by atoms with van der Waals surface area (Å²) < 4.78 is 7.78. The maximum absolute atomic E-state index is 13.1. The molecule has 4 rings (SSSR count). The molecule has 1 aromatic carbocycles. The number of imidazole rings is 1. The lowest BCUT2D eigenvalue weighted by Crippen LogP contribution is -2.46. The SMILES string of the molecule is C[C@H]1CN(C(=O)c2c(Cl)nc3ccccn23)C[C@H](c2ccccc2)O1. The maximum Gasteiger partial charge on any atom is 0.274 e. The number of hydrogen-bond acceptors (Lipinski definition) is 3. The lowest BCUT2D eigenvalue weighted by atomic mass is 10.1. The van der Waals surface area contributed by atoms with Crippen molar-refractivity contribution in [3.63, 3.8) is 0 Å². The van der Waals surface area contributed by atoms with Crippen molar-refractivity contribution in [2.24, 2.45) is 0 Å². The predicted molar refractivity (Wildman–Crippen MR) is 95.8 cm³/mol. The lowest BCUT2D eigenvalue weighted by Gasteiger charge is -2.37. The average molecular weight is 356 g/mol. The molecule has 25 heavy (non-hydrogen) atoms. The molecular formula is C19H18ClN3O2. The molecule has 1 amide bonds. The molecule has 0 bridgehead atoms. The Hall–Kier alpha value is -2.37. The molecule has 0 spiro atoms. The number of aromatic nitrogens is 2. The van der Waals surface area contributed by atoms with Crippen molar-refractivity contribution < 1.29 is 9.53 Å². The van der Waals surface area contributed by atoms with Crippen molar-refractivity contribution in [3.8, 4) is 0 Å². The minimum absolute atomic E-state index is 0.0548. The number of halogens is 1. The van der Waals surface area contributed by atoms with Gasteiger partial charge in [-0.3, -0.25) is 9.20 Å². The smallest absolute Gasteiger partial charge is 0.274 e. The number of amides is 1. The standard InChI is InChI=1S/C19H18ClN3O2/c1-13-11-22(12-15(25-13)14-7-3-2-4-8-14)19(24)17-18(20)21-16-9-5-6-10-23(16)17/h2-10,13,15H,11-12H2,1H3/t13-,15+/m0/s1. The molecule has 0 aliphatic carbocycles. The van der Waals surface area contributed by atoms with Gasteiger partial charge in [-0.05, 0) is 24.6 Å². The molecule has 6 heteroatoms. The van der Waals surface area contributed by atoms with E-state index >= 15 is 0 Å². The second kappa shape index (κ2) is 6.50. The van der Waals surface area contributed by atoms with Crippen LogP contribution in [0.25, 0.3) is 5.65 Å². The first-order valence-electron chi connectivity index (χ1n) is 8.26. The van der Waals surface area contributed by atoms with Crippen LogP contribution in [0.4, 0.5) is 0 Å². The molecule has 1 fully saturated rings. The Morgan fingerprint density at radius 1 is 1.16 bits per heavy atom. The van der Waals surface area contributed by atoms with Crippen molar-refractivity contribution in [2.45, 2.75) is 19.1 Å². The Labute approximate surface area is 150 Å². The van der Waals surface area contributed by atoms with Gasteiger partial charge in [-0.15, -0.1) is 0 Å². The number of rotatable bonds is 2. The molecule has 0 unspecified atom stereocenters. The Balaban J connectivity index is 1.66. The fraction of sp³-hybridized carbons (Fsp3) is 0.263. The number of hydrogen-bond donors (Lipinski definition) is 0. The average Bonchev–Trinajstić information content (AvgIpc) is 2.97. The normalized spacial score (nSPS) is 20.8. The van der Waals surface area contributed by atoms with Crippen molar-refractivity contribution in [3.05, 3.63) is 71.1 Å². The monoisotopic (exact) mass is 355 g/mol. The van der Waals surface area contributed by atoms with Gasteiger partial charge in [-0.25, -0.2) is 4.98 Å². The van der Waals surface area contributed by atoms with Crippen LogP contribution in [0.5, 0.6) is 0 Å². The van der Waals surface area contributed by atoms with Crippen LogP contribution in [-0.4, -0.2) is 39.4 Å². The minimum Gasteiger partial charge on any atom is -0.367 e. The third-order valence-electron chi connectivity index (χ3n) is 4.41. The fourth-order valence-corrected chi connectivity index (χ4v) is 3.54. The molecule has 2 aromatic heterocycles. The molecule has 1 aliphatic rings. The lowest BCUT2D eigenvalue weighted by molar-refractivity contribution is -0.0693. The molecule has 0 radical (unpaired) electrons. The van der Waals surface area contributed by atoms with Crippen LogP contribution in [0.15, 0.2) is 54.7 Å². The summed E-state index contributed by atoms with van der Waals surface area (Å²) in [5.74, 6) is -0.125. The van der Waals surface area contributed by atoms with Gasteiger partial charge >= 0.3 is 0 Å². The second-order valence-electron chi connectivity index (χ2n) is 6.24. The molecule has 1 aliphatic heterocycles. The van der Waals surface area contributed by atoms with E-state index in [0.717, 1.165) is 5.56 Å². The first-order chi connectivity index (χ1) is 12.1. The van der Waals surface area contributed by atoms with Crippen molar-refractivity contribution >= 4 is 23.2 Å². The van der Waals surface area contributed by atoms with Crippen LogP contribution in [0, 0.1) is 0 Å². The molecule has 128 valence electrons. The molecule has 0 saturated carbocycles. The number of fused-ring (bicyclic) bond motifs is 1. The number of benzene rings is 1. The molecule has 3 heterocycles. The van der Waals surface area contributed by atoms with Gasteiger partial charge in [0.05, 0.1) is 12.6 Å². The highest BCUT2D eigenvalue weighted by molar-refractivity contribution is 6.32. The number of ether oxygens (including phenoxy) is 1. The number of carbonyl (C=O) groups excluding carboxylic acids is 1. The third kappa shape index (κ3) is 3.01. The Bertz CT molecular complexity index is 909. The van der Waals surface area contributed by atoms with Gasteiger partial charge in [-0.1, -0.05) is 48.0 Å². The van der Waals surface area contributed by atoms with Gasteiger partial charge in [-0.2, -0.15) is 0 Å². The van der Waals surface area contributed by atoms with E-state index in [1.165, 1.54) is 0 Å². The van der Waals surface area contributed by atoms with Crippen LogP contribution < -0.4 is 0 Å².